The zero-order valence-corrected chi connectivity index (χ0v) is 25.7. The molecule has 1 aliphatic carbocycles. The van der Waals surface area contributed by atoms with E-state index in [-0.39, 0.29) is 33.0 Å². The number of hydrogen-bond donors (Lipinski definition) is 4. The Morgan fingerprint density at radius 2 is 1.72 bits per heavy atom. The molecule has 1 heterocycles. The number of amides is 3. The Labute approximate surface area is 271 Å². The molecule has 3 amide bonds. The molecule has 0 unspecified atom stereocenters. The minimum atomic E-state index is -4.68. The van der Waals surface area contributed by atoms with Crippen LogP contribution in [0.15, 0.2) is 60.7 Å². The van der Waals surface area contributed by atoms with E-state index in [0.717, 1.165) is 49.2 Å². The second-order valence-corrected chi connectivity index (χ2v) is 12.2. The minimum absolute atomic E-state index is 0.0141. The molecule has 0 bridgehead atoms. The van der Waals surface area contributed by atoms with E-state index in [1.807, 2.05) is 24.3 Å². The van der Waals surface area contributed by atoms with Crippen LogP contribution in [-0.4, -0.2) is 45.8 Å². The Kier molecular flexibility index (Phi) is 10.1. The number of thiazole rings is 1. The number of carboxylic acids is 1. The van der Waals surface area contributed by atoms with Gasteiger partial charge in [0.25, 0.3) is 5.91 Å². The van der Waals surface area contributed by atoms with Gasteiger partial charge >= 0.3 is 18.2 Å². The first kappa shape index (κ1) is 33.4. The summed E-state index contributed by atoms with van der Waals surface area (Å²) in [6.45, 7) is -0.430. The second-order valence-electron chi connectivity index (χ2n) is 11.2. The molecule has 0 spiro atoms. The van der Waals surface area contributed by atoms with E-state index < -0.39 is 42.3 Å². The van der Waals surface area contributed by atoms with Crippen LogP contribution in [0.5, 0.6) is 0 Å². The maximum absolute atomic E-state index is 13.7. The number of aromatic nitrogens is 1. The van der Waals surface area contributed by atoms with Gasteiger partial charge in [0, 0.05) is 11.3 Å². The fourth-order valence-electron chi connectivity index (χ4n) is 5.46. The molecule has 4 aromatic rings. The van der Waals surface area contributed by atoms with Gasteiger partial charge in [-0.3, -0.25) is 15.0 Å². The lowest BCUT2D eigenvalue weighted by molar-refractivity contribution is -0.146. The van der Waals surface area contributed by atoms with Crippen LogP contribution >= 0.6 is 11.3 Å². The van der Waals surface area contributed by atoms with Crippen LogP contribution in [0.2, 0.25) is 0 Å². The molecule has 1 aromatic heterocycles. The fraction of sp³-hybridized carbons (Fsp3) is 0.303. The zero-order chi connectivity index (χ0) is 33.7. The number of nitrogens with one attached hydrogen (secondary N) is 2. The van der Waals surface area contributed by atoms with Crippen LogP contribution < -0.4 is 15.5 Å². The van der Waals surface area contributed by atoms with E-state index in [0.29, 0.717) is 17.2 Å². The molecule has 1 saturated carbocycles. The number of carbonyl (C=O) groups excluding carboxylic acids is 2. The third-order valence-electron chi connectivity index (χ3n) is 7.98. The summed E-state index contributed by atoms with van der Waals surface area (Å²) in [6.07, 6.45) is -0.697. The predicted octanol–water partition coefficient (Wildman–Crippen LogP) is 6.65. The number of nitriles is 1. The molecule has 1 aliphatic rings. The van der Waals surface area contributed by atoms with Crippen LogP contribution in [0.25, 0.3) is 10.2 Å². The van der Waals surface area contributed by atoms with Gasteiger partial charge in [-0.25, -0.2) is 14.6 Å². The lowest BCUT2D eigenvalue weighted by Crippen LogP contribution is -2.36. The van der Waals surface area contributed by atoms with Crippen LogP contribution in [0.3, 0.4) is 0 Å². The SMILES string of the molecule is N#Cc1cc(C(F)(F)F)cc2nc(NC(=O)N(Cc3ccc(C(=O)NC[C@@H](O)C(=O)O)cc3)c3ccc(C4CCCCC4)cc3)sc12. The van der Waals surface area contributed by atoms with Crippen molar-refractivity contribution in [2.75, 3.05) is 16.8 Å². The van der Waals surface area contributed by atoms with E-state index in [2.05, 4.69) is 15.6 Å². The molecule has 3 aromatic carbocycles. The molecule has 4 N–H and O–H groups in total. The summed E-state index contributed by atoms with van der Waals surface area (Å²) in [5.41, 5.74) is 1.27. The number of fused-ring (bicyclic) bond motifs is 1. The Morgan fingerprint density at radius 1 is 1.04 bits per heavy atom. The number of aliphatic hydroxyl groups excluding tert-OH is 1. The molecule has 1 atom stereocenters. The van der Waals surface area contributed by atoms with Crippen molar-refractivity contribution in [1.82, 2.24) is 10.3 Å². The van der Waals surface area contributed by atoms with Crippen molar-refractivity contribution in [2.24, 2.45) is 0 Å². The highest BCUT2D eigenvalue weighted by Gasteiger charge is 2.32. The van der Waals surface area contributed by atoms with Crippen molar-refractivity contribution in [3.63, 3.8) is 0 Å². The first-order valence-corrected chi connectivity index (χ1v) is 15.6. The van der Waals surface area contributed by atoms with Gasteiger partial charge in [-0.15, -0.1) is 0 Å². The number of alkyl halides is 3. The smallest absolute Gasteiger partial charge is 0.416 e. The van der Waals surface area contributed by atoms with Crippen LogP contribution in [0.4, 0.5) is 28.8 Å². The topological polar surface area (TPSA) is 156 Å². The molecule has 10 nitrogen and oxygen atoms in total. The van der Waals surface area contributed by atoms with Crippen molar-refractivity contribution in [1.29, 1.82) is 5.26 Å². The number of anilines is 2. The van der Waals surface area contributed by atoms with Gasteiger partial charge in [0.15, 0.2) is 11.2 Å². The maximum Gasteiger partial charge on any atom is 0.416 e. The number of aliphatic hydroxyl groups is 1. The fourth-order valence-corrected chi connectivity index (χ4v) is 6.36. The number of aliphatic carboxylic acids is 1. The number of rotatable bonds is 9. The predicted molar refractivity (Wildman–Crippen MR) is 169 cm³/mol. The molecular formula is C33H30F3N5O5S. The molecule has 244 valence electrons. The number of carbonyl (C=O) groups is 3. The summed E-state index contributed by atoms with van der Waals surface area (Å²) in [6, 6.07) is 16.6. The first-order chi connectivity index (χ1) is 22.4. The molecule has 5 rings (SSSR count). The van der Waals surface area contributed by atoms with Gasteiger partial charge in [0.1, 0.15) is 6.07 Å². The van der Waals surface area contributed by atoms with E-state index in [9.17, 15) is 37.9 Å². The van der Waals surface area contributed by atoms with Crippen molar-refractivity contribution >= 4 is 50.3 Å². The highest BCUT2D eigenvalue weighted by molar-refractivity contribution is 7.22. The summed E-state index contributed by atoms with van der Waals surface area (Å²) >= 11 is 0.891. The molecule has 0 saturated heterocycles. The summed E-state index contributed by atoms with van der Waals surface area (Å²) < 4.78 is 40.4. The van der Waals surface area contributed by atoms with Crippen molar-refractivity contribution in [2.45, 2.75) is 56.8 Å². The lowest BCUT2D eigenvalue weighted by Gasteiger charge is -2.25. The molecular weight excluding hydrogens is 635 g/mol. The molecule has 1 fully saturated rings. The van der Waals surface area contributed by atoms with E-state index >= 15 is 0 Å². The van der Waals surface area contributed by atoms with Gasteiger partial charge < -0.3 is 15.5 Å². The highest BCUT2D eigenvalue weighted by Crippen LogP contribution is 2.37. The lowest BCUT2D eigenvalue weighted by atomic mass is 9.84. The summed E-state index contributed by atoms with van der Waals surface area (Å²) in [5, 5.41) is 32.7. The minimum Gasteiger partial charge on any atom is -0.479 e. The van der Waals surface area contributed by atoms with Crippen molar-refractivity contribution in [3.05, 3.63) is 88.5 Å². The Bertz CT molecular complexity index is 1810. The normalized spacial score (nSPS) is 14.3. The van der Waals surface area contributed by atoms with E-state index in [4.69, 9.17) is 5.11 Å². The second kappa shape index (κ2) is 14.2. The average Bonchev–Trinajstić information content (AvgIpc) is 3.48. The summed E-state index contributed by atoms with van der Waals surface area (Å²) in [7, 11) is 0. The third-order valence-corrected chi connectivity index (χ3v) is 9.00. The number of carboxylic acid groups (broad SMARTS) is 1. The average molecular weight is 666 g/mol. The number of hydrogen-bond acceptors (Lipinski definition) is 7. The van der Waals surface area contributed by atoms with E-state index in [1.165, 1.54) is 29.0 Å². The monoisotopic (exact) mass is 665 g/mol. The number of benzene rings is 3. The van der Waals surface area contributed by atoms with Gasteiger partial charge in [0.05, 0.1) is 34.4 Å². The number of nitrogens with zero attached hydrogens (tertiary/aromatic N) is 3. The highest BCUT2D eigenvalue weighted by atomic mass is 32.1. The van der Waals surface area contributed by atoms with Crippen LogP contribution in [-0.2, 0) is 17.5 Å². The van der Waals surface area contributed by atoms with Gasteiger partial charge in [-0.05, 0) is 66.3 Å². The van der Waals surface area contributed by atoms with Gasteiger partial charge in [0.2, 0.25) is 0 Å². The standard InChI is InChI=1S/C33H30F3N5O5S/c34-33(35,36)24-14-23(16-37)28-26(15-24)39-31(47-28)40-32(46)41(25-12-10-21(11-13-25)20-4-2-1-3-5-20)18-19-6-8-22(9-7-19)29(43)38-17-27(42)30(44)45/h6-15,20,27,42H,1-5,17-18H2,(H,38,43)(H,44,45)(H,39,40,46)/t27-/m1/s1. The zero-order valence-electron chi connectivity index (χ0n) is 24.9. The molecule has 0 radical (unpaired) electrons. The van der Waals surface area contributed by atoms with E-state index in [1.54, 1.807) is 18.2 Å². The Morgan fingerprint density at radius 3 is 2.34 bits per heavy atom. The van der Waals surface area contributed by atoms with Gasteiger partial charge in [-0.1, -0.05) is 54.9 Å². The summed E-state index contributed by atoms with van der Waals surface area (Å²) in [4.78, 5) is 42.6. The van der Waals surface area contributed by atoms with Crippen molar-refractivity contribution in [3.8, 4) is 6.07 Å². The molecule has 0 aliphatic heterocycles. The van der Waals surface area contributed by atoms with Crippen LogP contribution in [0.1, 0.15) is 70.6 Å². The van der Waals surface area contributed by atoms with Crippen LogP contribution in [0, 0.1) is 11.3 Å². The first-order valence-electron chi connectivity index (χ1n) is 14.8. The molecule has 47 heavy (non-hydrogen) atoms. The maximum atomic E-state index is 13.7. The largest absolute Gasteiger partial charge is 0.479 e. The van der Waals surface area contributed by atoms with Gasteiger partial charge in [-0.2, -0.15) is 18.4 Å². The third kappa shape index (κ3) is 8.05. The quantitative estimate of drug-likeness (QED) is 0.156. The Hall–Kier alpha value is -5.00. The number of halogens is 3. The number of urea groups is 1. The van der Waals surface area contributed by atoms with Crippen molar-refractivity contribution < 1.29 is 37.8 Å². The Balaban J connectivity index is 1.39. The summed E-state index contributed by atoms with van der Waals surface area (Å²) in [5.74, 6) is -1.62. The molecule has 14 heteroatoms.